The van der Waals surface area contributed by atoms with Crippen molar-refractivity contribution in [2.45, 2.75) is 44.8 Å². The third-order valence-corrected chi connectivity index (χ3v) is 3.77. The van der Waals surface area contributed by atoms with Gasteiger partial charge >= 0.3 is 0 Å². The fraction of sp³-hybridized carbons (Fsp3) is 0.917. The van der Waals surface area contributed by atoms with Crippen LogP contribution in [0.2, 0.25) is 0 Å². The molecule has 0 aromatic carbocycles. The van der Waals surface area contributed by atoms with Crippen LogP contribution < -0.4 is 10.6 Å². The Balaban J connectivity index is 1.67. The number of hydrogen-bond donors (Lipinski definition) is 3. The number of rotatable bonds is 3. The van der Waals surface area contributed by atoms with Crippen molar-refractivity contribution in [3.63, 3.8) is 0 Å². The molecule has 2 fully saturated rings. The first-order valence-corrected chi connectivity index (χ1v) is 6.34. The lowest BCUT2D eigenvalue weighted by molar-refractivity contribution is -0.126. The largest absolute Gasteiger partial charge is 0.393 e. The van der Waals surface area contributed by atoms with Gasteiger partial charge in [-0.1, -0.05) is 0 Å². The Kier molecular flexibility index (Phi) is 3.82. The van der Waals surface area contributed by atoms with Crippen molar-refractivity contribution in [1.29, 1.82) is 0 Å². The lowest BCUT2D eigenvalue weighted by Crippen LogP contribution is -2.45. The molecule has 92 valence electrons. The van der Waals surface area contributed by atoms with Crippen LogP contribution in [0.4, 0.5) is 0 Å². The highest BCUT2D eigenvalue weighted by atomic mass is 16.3. The van der Waals surface area contributed by atoms with Crippen LogP contribution >= 0.6 is 0 Å². The van der Waals surface area contributed by atoms with E-state index in [1.165, 1.54) is 0 Å². The third-order valence-electron chi connectivity index (χ3n) is 3.77. The van der Waals surface area contributed by atoms with E-state index in [1.807, 2.05) is 0 Å². The number of aliphatic hydroxyl groups excluding tert-OH is 1. The minimum absolute atomic E-state index is 0.124. The van der Waals surface area contributed by atoms with E-state index in [1.54, 1.807) is 0 Å². The molecular weight excluding hydrogens is 204 g/mol. The fourth-order valence-electron chi connectivity index (χ4n) is 2.63. The molecular formula is C12H22N2O2. The maximum atomic E-state index is 11.9. The van der Waals surface area contributed by atoms with E-state index in [9.17, 15) is 4.79 Å². The van der Waals surface area contributed by atoms with Gasteiger partial charge in [0.2, 0.25) is 5.91 Å². The minimum Gasteiger partial charge on any atom is -0.393 e. The number of carbonyl (C=O) groups excluding carboxylic acids is 1. The summed E-state index contributed by atoms with van der Waals surface area (Å²) in [5.74, 6) is 0.883. The van der Waals surface area contributed by atoms with E-state index < -0.39 is 0 Å². The third kappa shape index (κ3) is 2.95. The number of piperidine rings is 1. The first-order chi connectivity index (χ1) is 7.65. The van der Waals surface area contributed by atoms with Gasteiger partial charge in [0.25, 0.3) is 0 Å². The Morgan fingerprint density at radius 1 is 1.44 bits per heavy atom. The van der Waals surface area contributed by atoms with Gasteiger partial charge in [0.1, 0.15) is 0 Å². The summed E-state index contributed by atoms with van der Waals surface area (Å²) in [6.07, 6.45) is 3.47. The Labute approximate surface area is 96.8 Å². The van der Waals surface area contributed by atoms with Crippen LogP contribution in [-0.2, 0) is 4.79 Å². The molecule has 2 unspecified atom stereocenters. The van der Waals surface area contributed by atoms with Crippen molar-refractivity contribution < 1.29 is 9.90 Å². The molecule has 3 N–H and O–H groups in total. The molecule has 1 heterocycles. The summed E-state index contributed by atoms with van der Waals surface area (Å²) < 4.78 is 0. The molecule has 2 aliphatic rings. The van der Waals surface area contributed by atoms with Gasteiger partial charge in [0, 0.05) is 18.5 Å². The van der Waals surface area contributed by atoms with Crippen molar-refractivity contribution in [3.8, 4) is 0 Å². The summed E-state index contributed by atoms with van der Waals surface area (Å²) in [4.78, 5) is 11.9. The Morgan fingerprint density at radius 2 is 2.19 bits per heavy atom. The summed E-state index contributed by atoms with van der Waals surface area (Å²) in [5.41, 5.74) is 0. The molecule has 16 heavy (non-hydrogen) atoms. The second-order valence-electron chi connectivity index (χ2n) is 5.31. The molecule has 4 heteroatoms. The zero-order valence-electron chi connectivity index (χ0n) is 9.91. The predicted molar refractivity (Wildman–Crippen MR) is 61.9 cm³/mol. The molecule has 0 radical (unpaired) electrons. The van der Waals surface area contributed by atoms with E-state index in [0.29, 0.717) is 12.0 Å². The highest BCUT2D eigenvalue weighted by Gasteiger charge is 2.29. The van der Waals surface area contributed by atoms with Crippen LogP contribution in [0.3, 0.4) is 0 Å². The van der Waals surface area contributed by atoms with Crippen molar-refractivity contribution in [2.24, 2.45) is 11.8 Å². The molecule has 1 amide bonds. The number of carbonyl (C=O) groups is 1. The van der Waals surface area contributed by atoms with Gasteiger partial charge in [-0.3, -0.25) is 4.79 Å². The van der Waals surface area contributed by atoms with Gasteiger partial charge in [-0.2, -0.15) is 0 Å². The van der Waals surface area contributed by atoms with Crippen molar-refractivity contribution in [2.75, 3.05) is 13.1 Å². The van der Waals surface area contributed by atoms with Gasteiger partial charge in [-0.05, 0) is 45.1 Å². The molecule has 1 saturated carbocycles. The summed E-state index contributed by atoms with van der Waals surface area (Å²) in [7, 11) is 0. The van der Waals surface area contributed by atoms with Crippen molar-refractivity contribution in [1.82, 2.24) is 10.6 Å². The summed E-state index contributed by atoms with van der Waals surface area (Å²) in [5, 5.41) is 15.5. The first kappa shape index (κ1) is 11.9. The second-order valence-corrected chi connectivity index (χ2v) is 5.31. The molecule has 4 nitrogen and oxygen atoms in total. The quantitative estimate of drug-likeness (QED) is 0.647. The molecule has 1 aliphatic carbocycles. The molecule has 2 atom stereocenters. The second kappa shape index (κ2) is 5.15. The number of aliphatic hydroxyl groups is 1. The van der Waals surface area contributed by atoms with Crippen LogP contribution in [0.25, 0.3) is 0 Å². The molecule has 1 saturated heterocycles. The first-order valence-electron chi connectivity index (χ1n) is 6.34. The average molecular weight is 226 g/mol. The van der Waals surface area contributed by atoms with Gasteiger partial charge < -0.3 is 15.7 Å². The summed E-state index contributed by atoms with van der Waals surface area (Å²) in [6, 6.07) is 0.454. The SMILES string of the molecule is CC1CC(C(=O)NCC2CC(O)C2)CCN1. The van der Waals surface area contributed by atoms with E-state index in [0.717, 1.165) is 38.8 Å². The van der Waals surface area contributed by atoms with Crippen LogP contribution in [-0.4, -0.2) is 36.2 Å². The fourth-order valence-corrected chi connectivity index (χ4v) is 2.63. The van der Waals surface area contributed by atoms with Crippen LogP contribution in [0.1, 0.15) is 32.6 Å². The maximum Gasteiger partial charge on any atom is 0.223 e. The number of amides is 1. The van der Waals surface area contributed by atoms with E-state index in [-0.39, 0.29) is 17.9 Å². The summed E-state index contributed by atoms with van der Waals surface area (Å²) in [6.45, 7) is 3.82. The van der Waals surface area contributed by atoms with Gasteiger partial charge in [-0.15, -0.1) is 0 Å². The average Bonchev–Trinajstić information content (AvgIpc) is 2.22. The maximum absolute atomic E-state index is 11.9. The molecule has 0 spiro atoms. The predicted octanol–water partition coefficient (Wildman–Crippen LogP) is 0.262. The topological polar surface area (TPSA) is 61.4 Å². The Bertz CT molecular complexity index is 251. The smallest absolute Gasteiger partial charge is 0.223 e. The lowest BCUT2D eigenvalue weighted by Gasteiger charge is -2.32. The number of hydrogen-bond acceptors (Lipinski definition) is 3. The molecule has 2 rings (SSSR count). The molecule has 1 aliphatic heterocycles. The van der Waals surface area contributed by atoms with Crippen molar-refractivity contribution >= 4 is 5.91 Å². The zero-order chi connectivity index (χ0) is 11.5. The minimum atomic E-state index is -0.124. The molecule has 0 bridgehead atoms. The van der Waals surface area contributed by atoms with Gasteiger partial charge in [0.15, 0.2) is 0 Å². The Hall–Kier alpha value is -0.610. The molecule has 0 aromatic rings. The van der Waals surface area contributed by atoms with Crippen LogP contribution in [0, 0.1) is 11.8 Å². The van der Waals surface area contributed by atoms with Crippen LogP contribution in [0.15, 0.2) is 0 Å². The normalized spacial score (nSPS) is 38.9. The molecule has 0 aromatic heterocycles. The lowest BCUT2D eigenvalue weighted by atomic mass is 9.82. The standard InChI is InChI=1S/C12H22N2O2/c1-8-4-10(2-3-13-8)12(16)14-7-9-5-11(15)6-9/h8-11,13,15H,2-7H2,1H3,(H,14,16). The van der Waals surface area contributed by atoms with Gasteiger partial charge in [0.05, 0.1) is 6.10 Å². The Morgan fingerprint density at radius 3 is 2.81 bits per heavy atom. The number of nitrogens with one attached hydrogen (secondary N) is 2. The van der Waals surface area contributed by atoms with Gasteiger partial charge in [-0.25, -0.2) is 0 Å². The van der Waals surface area contributed by atoms with Crippen molar-refractivity contribution in [3.05, 3.63) is 0 Å². The highest BCUT2D eigenvalue weighted by Crippen LogP contribution is 2.26. The summed E-state index contributed by atoms with van der Waals surface area (Å²) >= 11 is 0. The monoisotopic (exact) mass is 226 g/mol. The highest BCUT2D eigenvalue weighted by molar-refractivity contribution is 5.78. The van der Waals surface area contributed by atoms with E-state index in [4.69, 9.17) is 5.11 Å². The van der Waals surface area contributed by atoms with E-state index >= 15 is 0 Å². The van der Waals surface area contributed by atoms with E-state index in [2.05, 4.69) is 17.6 Å². The van der Waals surface area contributed by atoms with Crippen LogP contribution in [0.5, 0.6) is 0 Å². The zero-order valence-corrected chi connectivity index (χ0v) is 9.91.